The number of nitrogens with zero attached hydrogens (tertiary/aromatic N) is 5. The van der Waals surface area contributed by atoms with Crippen LogP contribution in [0, 0.1) is 0 Å². The van der Waals surface area contributed by atoms with E-state index in [2.05, 4.69) is 52.6 Å². The van der Waals surface area contributed by atoms with Crippen molar-refractivity contribution in [2.75, 3.05) is 21.3 Å². The molecule has 0 aromatic heterocycles. The van der Waals surface area contributed by atoms with E-state index in [4.69, 9.17) is 34.4 Å². The van der Waals surface area contributed by atoms with Crippen molar-refractivity contribution < 1.29 is 28.8 Å². The van der Waals surface area contributed by atoms with Gasteiger partial charge in [-0.25, -0.2) is 0 Å². The van der Waals surface area contributed by atoms with Crippen molar-refractivity contribution in [2.45, 2.75) is 130 Å². The maximum Gasteiger partial charge on any atom is 0.224 e. The average molecular weight is 1170 g/mol. The Morgan fingerprint density at radius 3 is 0.863 bits per heavy atom. The van der Waals surface area contributed by atoms with E-state index in [1.807, 2.05) is 66.7 Å². The third-order valence-corrected chi connectivity index (χ3v) is 11.1. The van der Waals surface area contributed by atoms with Crippen LogP contribution < -0.4 is 61.5 Å². The molecule has 0 spiro atoms. The van der Waals surface area contributed by atoms with E-state index >= 15 is 0 Å². The minimum absolute atomic E-state index is 0. The van der Waals surface area contributed by atoms with E-state index in [-0.39, 0.29) is 90.3 Å². The predicted molar refractivity (Wildman–Crippen MR) is 332 cm³/mol. The molecule has 4 amide bonds. The summed E-state index contributed by atoms with van der Waals surface area (Å²) in [6.07, 6.45) is 12.9. The summed E-state index contributed by atoms with van der Waals surface area (Å²) in [6, 6.07) is 29.0. The van der Waals surface area contributed by atoms with Crippen LogP contribution in [0.15, 0.2) is 123 Å². The van der Waals surface area contributed by atoms with Gasteiger partial charge in [-0.2, -0.15) is 10.2 Å². The normalized spacial score (nSPS) is 10.3. The van der Waals surface area contributed by atoms with E-state index in [0.29, 0.717) is 70.7 Å². The second-order valence-electron chi connectivity index (χ2n) is 17.9. The van der Waals surface area contributed by atoms with Crippen LogP contribution in [0.2, 0.25) is 0 Å². The second kappa shape index (κ2) is 42.9. The van der Waals surface area contributed by atoms with E-state index in [1.54, 1.807) is 44.2 Å². The number of hydrogen-bond acceptors (Lipinski definition) is 12. The fourth-order valence-electron chi connectivity index (χ4n) is 7.10. The van der Waals surface area contributed by atoms with Gasteiger partial charge in [0.25, 0.3) is 0 Å². The molecule has 0 heterocycles. The van der Waals surface area contributed by atoms with E-state index in [1.165, 1.54) is 13.8 Å². The first-order valence-corrected chi connectivity index (χ1v) is 25.4. The molecule has 0 fully saturated rings. The predicted octanol–water partition coefficient (Wildman–Crippen LogP) is 8.57. The molecule has 0 saturated heterocycles. The zero-order valence-electron chi connectivity index (χ0n) is 46.0. The van der Waals surface area contributed by atoms with Gasteiger partial charge in [-0.05, 0) is 114 Å². The first-order chi connectivity index (χ1) is 36.8. The Balaban J connectivity index is 0. The number of carbonyl (C=O) groups is 6. The van der Waals surface area contributed by atoms with Gasteiger partial charge in [-0.3, -0.25) is 28.8 Å². The molecule has 0 saturated carbocycles. The highest BCUT2D eigenvalue weighted by atomic mass is 35.5. The molecule has 0 aliphatic heterocycles. The molecule has 0 aliphatic carbocycles. The number of Topliss-reactive ketones (excluding diaryl/α,β-unsaturated/α-hetero) is 2. The van der Waals surface area contributed by atoms with Gasteiger partial charge in [-0.15, -0.1) is 52.5 Å². The van der Waals surface area contributed by atoms with E-state index in [9.17, 15) is 28.8 Å². The molecular weight excluding hydrogens is 1090 g/mol. The van der Waals surface area contributed by atoms with Gasteiger partial charge in [0.1, 0.15) is 0 Å². The lowest BCUT2D eigenvalue weighted by Crippen LogP contribution is -2.23. The summed E-state index contributed by atoms with van der Waals surface area (Å²) in [5.74, 6) is 3.63. The summed E-state index contributed by atoms with van der Waals surface area (Å²) in [7, 11) is 0. The molecule has 22 nitrogen and oxygen atoms in total. The summed E-state index contributed by atoms with van der Waals surface area (Å²) in [4.78, 5) is 72.1. The van der Waals surface area contributed by atoms with Crippen molar-refractivity contribution in [1.29, 1.82) is 0 Å². The van der Waals surface area contributed by atoms with Crippen molar-refractivity contribution in [3.05, 3.63) is 119 Å². The van der Waals surface area contributed by atoms with Gasteiger partial charge in [0.05, 0.1) is 11.4 Å². The number of unbranched alkanes of at least 4 members (excludes halogenated alkanes) is 10. The number of rotatable bonds is 28. The fourth-order valence-corrected chi connectivity index (χ4v) is 7.10. The van der Waals surface area contributed by atoms with Crippen LogP contribution in [0.4, 0.5) is 22.7 Å². The molecule has 4 aromatic rings. The second-order valence-corrected chi connectivity index (χ2v) is 17.9. The van der Waals surface area contributed by atoms with Gasteiger partial charge in [0.15, 0.2) is 11.6 Å². The molecule has 0 radical (unpaired) electrons. The lowest BCUT2D eigenvalue weighted by Gasteiger charge is -2.11. The van der Waals surface area contributed by atoms with Crippen LogP contribution in [0.5, 0.6) is 0 Å². The maximum absolute atomic E-state index is 12.6. The average Bonchev–Trinajstić information content (AvgIpc) is 3.39. The standard InChI is InChI=1S/C28H40N10O2.C26H32N2O4.CH6N4.3ClH/c1-19(35-37-27(29)30)21-16-22(20(2)36-38-28(31)32)18-24(17-21)34-26(40)15-11-6-4-3-5-10-14-25(39)33-23-12-8-7-9-13-23;1-19(29)21-16-22(20(2)30)18-24(17-21)28-26(32)15-11-6-4-3-5-10-14-25(31)27-23-12-8-7-9-13-23;2-1(3)5-4;;;/h7-9,12-13,16-18H,3-6,10-11,14-15H2,1-2H3,(H,33,39)(H,34,40)(H4,29,30,37)(H4,31,32,38);7-9,12-13,16-18H,3-6,10-11,14-15H2,1-2H3,(H,27,31)(H,28,32);4H2,(H4,2,3,5);3*1H/b35-19-,36-20+;;;;;. The van der Waals surface area contributed by atoms with Gasteiger partial charge in [-0.1, -0.05) is 87.8 Å². The number of nitrogens with one attached hydrogen (secondary N) is 4. The Morgan fingerprint density at radius 1 is 0.350 bits per heavy atom. The van der Waals surface area contributed by atoms with Gasteiger partial charge in [0, 0.05) is 70.7 Å². The Bertz CT molecular complexity index is 2610. The summed E-state index contributed by atoms with van der Waals surface area (Å²) in [6.45, 7) is 6.35. The minimum Gasteiger partial charge on any atom is -0.369 e. The van der Waals surface area contributed by atoms with Crippen LogP contribution in [-0.2, 0) is 19.2 Å². The number of ketones is 2. The lowest BCUT2D eigenvalue weighted by molar-refractivity contribution is -0.117. The molecule has 438 valence electrons. The number of benzene rings is 4. The number of amides is 4. The number of guanidine groups is 3. The summed E-state index contributed by atoms with van der Waals surface area (Å²) < 4.78 is 0. The smallest absolute Gasteiger partial charge is 0.224 e. The highest BCUT2D eigenvalue weighted by molar-refractivity contribution is 6.07. The fraction of sp³-hybridized carbons (Fsp3) is 0.364. The monoisotopic (exact) mass is 1170 g/mol. The summed E-state index contributed by atoms with van der Waals surface area (Å²) >= 11 is 0. The largest absolute Gasteiger partial charge is 0.369 e. The highest BCUT2D eigenvalue weighted by Crippen LogP contribution is 2.20. The zero-order chi connectivity index (χ0) is 57.0. The molecule has 4 rings (SSSR count). The molecule has 0 bridgehead atoms. The molecule has 25 heteroatoms. The number of nitrogens with two attached hydrogens (primary N) is 7. The van der Waals surface area contributed by atoms with Crippen molar-refractivity contribution in [3.63, 3.8) is 0 Å². The lowest BCUT2D eigenvalue weighted by atomic mass is 10.0. The zero-order valence-corrected chi connectivity index (χ0v) is 48.5. The molecule has 0 unspecified atom stereocenters. The van der Waals surface area contributed by atoms with Crippen molar-refractivity contribution >= 4 is 124 Å². The molecule has 4 aromatic carbocycles. The Labute approximate surface area is 487 Å². The highest BCUT2D eigenvalue weighted by Gasteiger charge is 2.12. The van der Waals surface area contributed by atoms with Crippen LogP contribution in [0.1, 0.15) is 162 Å². The number of hydrazone groups is 1. The third kappa shape index (κ3) is 34.6. The molecule has 80 heavy (non-hydrogen) atoms. The SMILES string of the molecule is C/C(=N/N=C(N)N)c1cc(NC(=O)CCCCCCCCC(=O)Nc2ccccc2)cc(/C(C)=N/N=C(N)N)c1.CC(=O)c1cc(NC(=O)CCCCCCCCC(=O)Nc2ccccc2)cc(C(C)=O)c1.Cl.Cl.Cl.NN=C(N)N. The maximum atomic E-state index is 12.6. The van der Waals surface area contributed by atoms with Crippen molar-refractivity contribution in [1.82, 2.24) is 0 Å². The topological polar surface area (TPSA) is 394 Å². The van der Waals surface area contributed by atoms with Crippen LogP contribution >= 0.6 is 37.2 Å². The number of carbonyl (C=O) groups excluding carboxylic acids is 6. The van der Waals surface area contributed by atoms with Gasteiger partial charge in [0.2, 0.25) is 41.5 Å². The van der Waals surface area contributed by atoms with Crippen LogP contribution in [0.25, 0.3) is 0 Å². The van der Waals surface area contributed by atoms with E-state index < -0.39 is 0 Å². The Hall–Kier alpha value is -8.08. The van der Waals surface area contributed by atoms with Gasteiger partial charge < -0.3 is 61.5 Å². The number of para-hydroxylation sites is 2. The minimum atomic E-state index is -0.164. The summed E-state index contributed by atoms with van der Waals surface area (Å²) in [5.41, 5.74) is 36.9. The number of hydrogen-bond donors (Lipinski definition) is 11. The third-order valence-electron chi connectivity index (χ3n) is 11.1. The Kier molecular flexibility index (Phi) is 39.7. The van der Waals surface area contributed by atoms with Crippen molar-refractivity contribution in [3.8, 4) is 0 Å². The quantitative estimate of drug-likeness (QED) is 0.00634. The van der Waals surface area contributed by atoms with Crippen LogP contribution in [0.3, 0.4) is 0 Å². The molecule has 0 atom stereocenters. The molecule has 18 N–H and O–H groups in total. The van der Waals surface area contributed by atoms with Gasteiger partial charge >= 0.3 is 0 Å². The first-order valence-electron chi connectivity index (χ1n) is 25.4. The first kappa shape index (κ1) is 74.0. The molecular formula is C55H81Cl3N16O6. The summed E-state index contributed by atoms with van der Waals surface area (Å²) in [5, 5.41) is 29.8. The number of anilines is 4. The molecule has 0 aliphatic rings. The van der Waals surface area contributed by atoms with Crippen LogP contribution in [-0.4, -0.2) is 64.5 Å². The number of halogens is 3. The Morgan fingerprint density at radius 2 is 0.600 bits per heavy atom. The van der Waals surface area contributed by atoms with E-state index in [0.717, 1.165) is 88.4 Å². The van der Waals surface area contributed by atoms with Crippen molar-refractivity contribution in [2.24, 2.45) is 65.8 Å².